The van der Waals surface area contributed by atoms with Crippen LogP contribution in [0, 0.1) is 12.3 Å². The minimum atomic E-state index is 0.0948. The van der Waals surface area contributed by atoms with Crippen LogP contribution < -0.4 is 0 Å². The third-order valence-corrected chi connectivity index (χ3v) is 5.20. The average Bonchev–Trinajstić information content (AvgIpc) is 2.62. The topological polar surface area (TPSA) is 12.9 Å². The zero-order chi connectivity index (χ0) is 21.7. The molecule has 0 fully saturated rings. The number of allylic oxidation sites excluding steroid dienone is 6. The van der Waals surface area contributed by atoms with Crippen LogP contribution in [-0.2, 0) is 11.8 Å². The SMILES string of the molecule is C\C(=C/C=C(\C=C/Cc1ccnc(C)c1)C(C)(C)C)c1ccc(C(C)(C)C)cc1. The summed E-state index contributed by atoms with van der Waals surface area (Å²) >= 11 is 0. The van der Waals surface area contributed by atoms with E-state index in [2.05, 4.69) is 114 Å². The van der Waals surface area contributed by atoms with Crippen molar-refractivity contribution in [2.24, 2.45) is 5.41 Å². The lowest BCUT2D eigenvalue weighted by Gasteiger charge is -2.20. The highest BCUT2D eigenvalue weighted by Gasteiger charge is 2.14. The number of nitrogens with zero attached hydrogens (tertiary/aromatic N) is 1. The van der Waals surface area contributed by atoms with Crippen molar-refractivity contribution < 1.29 is 0 Å². The molecule has 0 saturated heterocycles. The van der Waals surface area contributed by atoms with E-state index in [-0.39, 0.29) is 10.8 Å². The predicted molar refractivity (Wildman–Crippen MR) is 128 cm³/mol. The summed E-state index contributed by atoms with van der Waals surface area (Å²) in [7, 11) is 0. The Hall–Kier alpha value is -2.41. The molecular formula is C28H37N. The third-order valence-electron chi connectivity index (χ3n) is 5.20. The van der Waals surface area contributed by atoms with Gasteiger partial charge in [0.05, 0.1) is 0 Å². The Morgan fingerprint density at radius 3 is 2.14 bits per heavy atom. The van der Waals surface area contributed by atoms with Crippen molar-refractivity contribution in [1.29, 1.82) is 0 Å². The number of pyridine rings is 1. The van der Waals surface area contributed by atoms with Gasteiger partial charge in [-0.2, -0.15) is 0 Å². The van der Waals surface area contributed by atoms with Crippen LogP contribution in [0.25, 0.3) is 5.57 Å². The summed E-state index contributed by atoms with van der Waals surface area (Å²) in [5.41, 5.74) is 7.91. The standard InChI is InChI=1S/C28H37N/c1-21(24-13-16-26(17-14-24)28(6,7)8)12-15-25(27(3,4)5)11-9-10-23-18-19-29-22(2)20-23/h9,11-20H,10H2,1-8H3/b11-9-,21-12+,25-15+. The minimum Gasteiger partial charge on any atom is -0.262 e. The molecule has 29 heavy (non-hydrogen) atoms. The van der Waals surface area contributed by atoms with E-state index in [1.54, 1.807) is 0 Å². The van der Waals surface area contributed by atoms with Crippen LogP contribution in [-0.4, -0.2) is 4.98 Å². The van der Waals surface area contributed by atoms with Crippen LogP contribution in [0.1, 0.15) is 70.9 Å². The van der Waals surface area contributed by atoms with Gasteiger partial charge in [0.2, 0.25) is 0 Å². The molecule has 0 spiro atoms. The Balaban J connectivity index is 2.20. The van der Waals surface area contributed by atoms with Crippen molar-refractivity contribution in [3.8, 4) is 0 Å². The quantitative estimate of drug-likeness (QED) is 0.476. The molecule has 0 aliphatic carbocycles. The average molecular weight is 388 g/mol. The lowest BCUT2D eigenvalue weighted by atomic mass is 9.85. The first-order valence-electron chi connectivity index (χ1n) is 10.5. The molecule has 1 nitrogen and oxygen atoms in total. The van der Waals surface area contributed by atoms with Gasteiger partial charge < -0.3 is 0 Å². The van der Waals surface area contributed by atoms with Gasteiger partial charge >= 0.3 is 0 Å². The molecule has 0 saturated carbocycles. The molecule has 0 aliphatic heterocycles. The first kappa shape index (κ1) is 22.9. The Bertz CT molecular complexity index is 895. The van der Waals surface area contributed by atoms with E-state index in [1.165, 1.54) is 27.8 Å². The van der Waals surface area contributed by atoms with Gasteiger partial charge in [0.15, 0.2) is 0 Å². The van der Waals surface area contributed by atoms with Crippen molar-refractivity contribution in [3.63, 3.8) is 0 Å². The van der Waals surface area contributed by atoms with E-state index >= 15 is 0 Å². The molecule has 154 valence electrons. The fourth-order valence-electron chi connectivity index (χ4n) is 3.15. The smallest absolute Gasteiger partial charge is 0.0375 e. The van der Waals surface area contributed by atoms with Crippen LogP contribution in [0.4, 0.5) is 0 Å². The van der Waals surface area contributed by atoms with Crippen molar-refractivity contribution in [3.05, 3.63) is 94.9 Å². The number of benzene rings is 1. The number of rotatable bonds is 5. The molecular weight excluding hydrogens is 350 g/mol. The Morgan fingerprint density at radius 2 is 1.59 bits per heavy atom. The Morgan fingerprint density at radius 1 is 0.931 bits per heavy atom. The first-order chi connectivity index (χ1) is 13.5. The summed E-state index contributed by atoms with van der Waals surface area (Å²) in [6.45, 7) is 17.8. The highest BCUT2D eigenvalue weighted by atomic mass is 14.6. The summed E-state index contributed by atoms with van der Waals surface area (Å²) in [5.74, 6) is 0. The molecule has 1 heteroatoms. The summed E-state index contributed by atoms with van der Waals surface area (Å²) < 4.78 is 0. The van der Waals surface area contributed by atoms with Crippen LogP contribution in [0.5, 0.6) is 0 Å². The molecule has 0 amide bonds. The van der Waals surface area contributed by atoms with Crippen LogP contribution in [0.3, 0.4) is 0 Å². The van der Waals surface area contributed by atoms with Gasteiger partial charge in [-0.15, -0.1) is 0 Å². The normalized spacial score (nSPS) is 13.9. The van der Waals surface area contributed by atoms with Gasteiger partial charge in [-0.25, -0.2) is 0 Å². The van der Waals surface area contributed by atoms with E-state index in [1.807, 2.05) is 13.1 Å². The fraction of sp³-hybridized carbons (Fsp3) is 0.393. The number of aryl methyl sites for hydroxylation is 1. The second kappa shape index (κ2) is 9.39. The van der Waals surface area contributed by atoms with Crippen molar-refractivity contribution in [2.45, 2.75) is 67.2 Å². The van der Waals surface area contributed by atoms with Gasteiger partial charge in [-0.05, 0) is 71.1 Å². The molecule has 0 aliphatic rings. The van der Waals surface area contributed by atoms with E-state index in [9.17, 15) is 0 Å². The molecule has 2 aromatic rings. The van der Waals surface area contributed by atoms with Crippen molar-refractivity contribution >= 4 is 5.57 Å². The summed E-state index contributed by atoms with van der Waals surface area (Å²) in [6.07, 6.45) is 11.8. The highest BCUT2D eigenvalue weighted by Crippen LogP contribution is 2.28. The van der Waals surface area contributed by atoms with Gasteiger partial charge in [-0.3, -0.25) is 4.98 Å². The van der Waals surface area contributed by atoms with Crippen LogP contribution >= 0.6 is 0 Å². The first-order valence-corrected chi connectivity index (χ1v) is 10.5. The zero-order valence-corrected chi connectivity index (χ0v) is 19.5. The monoisotopic (exact) mass is 387 g/mol. The fourth-order valence-corrected chi connectivity index (χ4v) is 3.15. The highest BCUT2D eigenvalue weighted by molar-refractivity contribution is 5.66. The summed E-state index contributed by atoms with van der Waals surface area (Å²) in [4.78, 5) is 4.28. The molecule has 0 N–H and O–H groups in total. The van der Waals surface area contributed by atoms with Crippen LogP contribution in [0.2, 0.25) is 0 Å². The zero-order valence-electron chi connectivity index (χ0n) is 19.5. The van der Waals surface area contributed by atoms with Crippen LogP contribution in [0.15, 0.2) is 72.5 Å². The molecule has 0 atom stereocenters. The largest absolute Gasteiger partial charge is 0.262 e. The van der Waals surface area contributed by atoms with E-state index in [0.717, 1.165) is 12.1 Å². The Kier molecular flexibility index (Phi) is 7.41. The van der Waals surface area contributed by atoms with Gasteiger partial charge in [0.25, 0.3) is 0 Å². The molecule has 0 bridgehead atoms. The van der Waals surface area contributed by atoms with Gasteiger partial charge in [0.1, 0.15) is 0 Å². The molecule has 1 heterocycles. The molecule has 0 radical (unpaired) electrons. The molecule has 0 unspecified atom stereocenters. The maximum atomic E-state index is 4.28. The maximum absolute atomic E-state index is 4.28. The number of hydrogen-bond donors (Lipinski definition) is 0. The molecule has 1 aromatic carbocycles. The molecule has 1 aromatic heterocycles. The predicted octanol–water partition coefficient (Wildman–Crippen LogP) is 7.86. The number of hydrogen-bond acceptors (Lipinski definition) is 1. The lowest BCUT2D eigenvalue weighted by molar-refractivity contribution is 0.517. The van der Waals surface area contributed by atoms with E-state index < -0.39 is 0 Å². The summed E-state index contributed by atoms with van der Waals surface area (Å²) in [6, 6.07) is 13.2. The minimum absolute atomic E-state index is 0.0948. The number of aromatic nitrogens is 1. The van der Waals surface area contributed by atoms with Gasteiger partial charge in [-0.1, -0.05) is 90.1 Å². The van der Waals surface area contributed by atoms with Crippen molar-refractivity contribution in [2.75, 3.05) is 0 Å². The van der Waals surface area contributed by atoms with E-state index in [0.29, 0.717) is 0 Å². The van der Waals surface area contributed by atoms with E-state index in [4.69, 9.17) is 0 Å². The summed E-state index contributed by atoms with van der Waals surface area (Å²) in [5, 5.41) is 0. The Labute approximate surface area is 178 Å². The van der Waals surface area contributed by atoms with Crippen molar-refractivity contribution in [1.82, 2.24) is 4.98 Å². The molecule has 2 rings (SSSR count). The second-order valence-electron chi connectivity index (χ2n) is 9.96. The lowest BCUT2D eigenvalue weighted by Crippen LogP contribution is -2.10. The second-order valence-corrected chi connectivity index (χ2v) is 9.96. The van der Waals surface area contributed by atoms with Gasteiger partial charge in [0, 0.05) is 11.9 Å². The maximum Gasteiger partial charge on any atom is 0.0375 e. The third kappa shape index (κ3) is 7.16.